The number of piperidine rings is 1. The van der Waals surface area contributed by atoms with Crippen LogP contribution in [0.4, 0.5) is 0 Å². The third kappa shape index (κ3) is 3.37. The molecule has 2 N–H and O–H groups in total. The van der Waals surface area contributed by atoms with Crippen LogP contribution in [0.25, 0.3) is 0 Å². The fourth-order valence-electron chi connectivity index (χ4n) is 2.54. The van der Waals surface area contributed by atoms with Crippen LogP contribution in [0, 0.1) is 11.8 Å². The summed E-state index contributed by atoms with van der Waals surface area (Å²) in [7, 11) is 0. The van der Waals surface area contributed by atoms with E-state index in [0.29, 0.717) is 24.6 Å². The lowest BCUT2D eigenvalue weighted by Gasteiger charge is -2.30. The third-order valence-electron chi connectivity index (χ3n) is 3.54. The zero-order valence-electron chi connectivity index (χ0n) is 11.9. The maximum absolute atomic E-state index is 12.3. The second kappa shape index (κ2) is 6.07. The lowest BCUT2D eigenvalue weighted by atomic mass is 9.98. The highest BCUT2D eigenvalue weighted by molar-refractivity contribution is 5.92. The van der Waals surface area contributed by atoms with Crippen molar-refractivity contribution in [2.24, 2.45) is 11.8 Å². The van der Waals surface area contributed by atoms with Crippen molar-refractivity contribution >= 4 is 11.9 Å². The maximum atomic E-state index is 12.3. The van der Waals surface area contributed by atoms with E-state index in [4.69, 9.17) is 5.11 Å². The molecule has 1 aromatic rings. The fourth-order valence-corrected chi connectivity index (χ4v) is 2.54. The summed E-state index contributed by atoms with van der Waals surface area (Å²) in [4.78, 5) is 24.9. The summed E-state index contributed by atoms with van der Waals surface area (Å²) in [6, 6.07) is 1.77. The van der Waals surface area contributed by atoms with E-state index < -0.39 is 11.9 Å². The van der Waals surface area contributed by atoms with Crippen molar-refractivity contribution in [2.45, 2.75) is 33.1 Å². The number of hydrogen-bond donors (Lipinski definition) is 2. The van der Waals surface area contributed by atoms with Crippen LogP contribution in [0.1, 0.15) is 42.9 Å². The monoisotopic (exact) mass is 279 g/mol. The van der Waals surface area contributed by atoms with E-state index in [1.807, 2.05) is 0 Å². The molecule has 1 aliphatic heterocycles. The number of carbonyl (C=O) groups is 2. The van der Waals surface area contributed by atoms with Crippen molar-refractivity contribution < 1.29 is 14.7 Å². The number of likely N-dealkylation sites (tertiary alicyclic amines) is 1. The highest BCUT2D eigenvalue weighted by atomic mass is 16.4. The summed E-state index contributed by atoms with van der Waals surface area (Å²) in [6.45, 7) is 5.09. The van der Waals surface area contributed by atoms with Gasteiger partial charge >= 0.3 is 5.97 Å². The first-order valence-electron chi connectivity index (χ1n) is 7.03. The van der Waals surface area contributed by atoms with Gasteiger partial charge in [0.15, 0.2) is 0 Å². The van der Waals surface area contributed by atoms with Crippen molar-refractivity contribution in [2.75, 3.05) is 13.1 Å². The SMILES string of the molecule is CC(C)Cc1cc(C(=O)N2CCC[C@H](C(=O)O)C2)n[nH]1. The molecular weight excluding hydrogens is 258 g/mol. The Morgan fingerprint density at radius 2 is 2.30 bits per heavy atom. The molecule has 0 aromatic carbocycles. The average molecular weight is 279 g/mol. The second-order valence-corrected chi connectivity index (χ2v) is 5.80. The van der Waals surface area contributed by atoms with Gasteiger partial charge in [0.1, 0.15) is 5.69 Å². The first-order chi connectivity index (χ1) is 9.47. The molecule has 110 valence electrons. The first-order valence-corrected chi connectivity index (χ1v) is 7.03. The minimum atomic E-state index is -0.829. The number of aromatic nitrogens is 2. The van der Waals surface area contributed by atoms with Gasteiger partial charge in [0.2, 0.25) is 0 Å². The number of carboxylic acid groups (broad SMARTS) is 1. The Labute approximate surface area is 118 Å². The Hall–Kier alpha value is -1.85. The van der Waals surface area contributed by atoms with Gasteiger partial charge in [-0.05, 0) is 31.2 Å². The zero-order valence-corrected chi connectivity index (χ0v) is 11.9. The Morgan fingerprint density at radius 1 is 1.55 bits per heavy atom. The number of hydrogen-bond acceptors (Lipinski definition) is 3. The Kier molecular flexibility index (Phi) is 4.42. The van der Waals surface area contributed by atoms with Gasteiger partial charge in [-0.15, -0.1) is 0 Å². The van der Waals surface area contributed by atoms with E-state index in [-0.39, 0.29) is 12.5 Å². The summed E-state index contributed by atoms with van der Waals surface area (Å²) in [5.41, 5.74) is 1.32. The molecule has 0 aliphatic carbocycles. The van der Waals surface area contributed by atoms with Crippen molar-refractivity contribution in [1.29, 1.82) is 0 Å². The summed E-state index contributed by atoms with van der Waals surface area (Å²) < 4.78 is 0. The third-order valence-corrected chi connectivity index (χ3v) is 3.54. The van der Waals surface area contributed by atoms with E-state index in [0.717, 1.165) is 18.5 Å². The number of carboxylic acids is 1. The molecule has 1 saturated heterocycles. The van der Waals surface area contributed by atoms with Crippen LogP contribution in [0.5, 0.6) is 0 Å². The van der Waals surface area contributed by atoms with Crippen molar-refractivity contribution in [1.82, 2.24) is 15.1 Å². The van der Waals surface area contributed by atoms with Crippen molar-refractivity contribution in [3.05, 3.63) is 17.5 Å². The number of nitrogens with zero attached hydrogens (tertiary/aromatic N) is 2. The van der Waals surface area contributed by atoms with Crippen LogP contribution >= 0.6 is 0 Å². The highest BCUT2D eigenvalue weighted by Gasteiger charge is 2.29. The smallest absolute Gasteiger partial charge is 0.308 e. The molecule has 1 atom stereocenters. The summed E-state index contributed by atoms with van der Waals surface area (Å²) in [6.07, 6.45) is 2.21. The molecule has 0 spiro atoms. The van der Waals surface area contributed by atoms with Crippen LogP contribution < -0.4 is 0 Å². The zero-order chi connectivity index (χ0) is 14.7. The standard InChI is InChI=1S/C14H21N3O3/c1-9(2)6-11-7-12(16-15-11)13(18)17-5-3-4-10(8-17)14(19)20/h7,9-10H,3-6,8H2,1-2H3,(H,15,16)(H,19,20)/t10-/m0/s1. The number of aromatic amines is 1. The van der Waals surface area contributed by atoms with Crippen LogP contribution in [0.3, 0.4) is 0 Å². The van der Waals surface area contributed by atoms with Gasteiger partial charge in [0, 0.05) is 18.8 Å². The topological polar surface area (TPSA) is 86.3 Å². The predicted molar refractivity (Wildman–Crippen MR) is 73.4 cm³/mol. The van der Waals surface area contributed by atoms with E-state index >= 15 is 0 Å². The van der Waals surface area contributed by atoms with Gasteiger partial charge in [-0.1, -0.05) is 13.8 Å². The number of rotatable bonds is 4. The van der Waals surface area contributed by atoms with E-state index in [1.165, 1.54) is 0 Å². The van der Waals surface area contributed by atoms with Crippen LogP contribution in [0.15, 0.2) is 6.07 Å². The molecule has 0 radical (unpaired) electrons. The highest BCUT2D eigenvalue weighted by Crippen LogP contribution is 2.18. The quantitative estimate of drug-likeness (QED) is 0.875. The minimum Gasteiger partial charge on any atom is -0.481 e. The molecular formula is C14H21N3O3. The number of amides is 1. The van der Waals surface area contributed by atoms with Crippen LogP contribution in [-0.4, -0.2) is 45.2 Å². The molecule has 2 heterocycles. The molecule has 1 fully saturated rings. The van der Waals surface area contributed by atoms with Gasteiger partial charge in [0.05, 0.1) is 5.92 Å². The predicted octanol–water partition coefficient (Wildman–Crippen LogP) is 1.54. The molecule has 0 bridgehead atoms. The van der Waals surface area contributed by atoms with Crippen LogP contribution in [0.2, 0.25) is 0 Å². The molecule has 1 amide bonds. The van der Waals surface area contributed by atoms with Crippen LogP contribution in [-0.2, 0) is 11.2 Å². The number of H-pyrrole nitrogens is 1. The fraction of sp³-hybridized carbons (Fsp3) is 0.643. The van der Waals surface area contributed by atoms with E-state index in [1.54, 1.807) is 11.0 Å². The number of aliphatic carboxylic acids is 1. The largest absolute Gasteiger partial charge is 0.481 e. The minimum absolute atomic E-state index is 0.179. The maximum Gasteiger partial charge on any atom is 0.308 e. The Balaban J connectivity index is 2.03. The van der Waals surface area contributed by atoms with Gasteiger partial charge < -0.3 is 10.0 Å². The van der Waals surface area contributed by atoms with Crippen molar-refractivity contribution in [3.8, 4) is 0 Å². The molecule has 2 rings (SSSR count). The normalized spacial score (nSPS) is 19.4. The molecule has 1 aromatic heterocycles. The number of carbonyl (C=O) groups excluding carboxylic acids is 1. The Bertz CT molecular complexity index is 496. The lowest BCUT2D eigenvalue weighted by Crippen LogP contribution is -2.42. The van der Waals surface area contributed by atoms with Crippen molar-refractivity contribution in [3.63, 3.8) is 0 Å². The van der Waals surface area contributed by atoms with E-state index in [2.05, 4.69) is 24.0 Å². The molecule has 6 heteroatoms. The molecule has 0 unspecified atom stereocenters. The molecule has 0 saturated carbocycles. The Morgan fingerprint density at radius 3 is 2.95 bits per heavy atom. The average Bonchev–Trinajstić information content (AvgIpc) is 2.85. The van der Waals surface area contributed by atoms with Gasteiger partial charge in [-0.2, -0.15) is 5.10 Å². The molecule has 6 nitrogen and oxygen atoms in total. The van der Waals surface area contributed by atoms with Gasteiger partial charge in [-0.25, -0.2) is 0 Å². The summed E-state index contributed by atoms with van der Waals surface area (Å²) >= 11 is 0. The number of nitrogens with one attached hydrogen (secondary N) is 1. The summed E-state index contributed by atoms with van der Waals surface area (Å²) in [5.74, 6) is -0.973. The molecule has 20 heavy (non-hydrogen) atoms. The van der Waals surface area contributed by atoms with E-state index in [9.17, 15) is 9.59 Å². The lowest BCUT2D eigenvalue weighted by molar-refractivity contribution is -0.143. The molecule has 1 aliphatic rings. The van der Waals surface area contributed by atoms with Gasteiger partial charge in [0.25, 0.3) is 5.91 Å². The van der Waals surface area contributed by atoms with Gasteiger partial charge in [-0.3, -0.25) is 14.7 Å². The first kappa shape index (κ1) is 14.6. The second-order valence-electron chi connectivity index (χ2n) is 5.80. The summed E-state index contributed by atoms with van der Waals surface area (Å²) in [5, 5.41) is 16.0.